The summed E-state index contributed by atoms with van der Waals surface area (Å²) in [5, 5.41) is 17.8. The van der Waals surface area contributed by atoms with Crippen LogP contribution in [-0.4, -0.2) is 43.6 Å². The molecule has 0 heterocycles. The Bertz CT molecular complexity index is 1150. The van der Waals surface area contributed by atoms with Crippen molar-refractivity contribution in [2.45, 2.75) is 64.8 Å². The summed E-state index contributed by atoms with van der Waals surface area (Å²) in [7, 11) is -2.87. The molecule has 0 aromatic heterocycles. The monoisotopic (exact) mass is 532 g/mol. The van der Waals surface area contributed by atoms with Crippen LogP contribution in [0.5, 0.6) is 0 Å². The molecule has 0 aliphatic carbocycles. The minimum absolute atomic E-state index is 0.111. The van der Waals surface area contributed by atoms with Gasteiger partial charge in [0.05, 0.1) is 6.61 Å². The molecular weight excluding hydrogens is 492 g/mol. The molecule has 0 spiro atoms. The van der Waals surface area contributed by atoms with Crippen LogP contribution in [0, 0.1) is 5.21 Å². The highest BCUT2D eigenvalue weighted by Gasteiger charge is 2.50. The van der Waals surface area contributed by atoms with Crippen LogP contribution < -0.4 is 15.7 Å². The molecular formula is C31H40N2O4Si. The molecule has 1 amide bonds. The molecule has 0 aliphatic heterocycles. The number of amides is 1. The van der Waals surface area contributed by atoms with E-state index in [2.05, 4.69) is 50.4 Å². The van der Waals surface area contributed by atoms with Gasteiger partial charge < -0.3 is 19.7 Å². The summed E-state index contributed by atoms with van der Waals surface area (Å²) in [5.41, 5.74) is 0.206. The number of hydrogen-bond donors (Lipinski definition) is 1. The Morgan fingerprint density at radius 2 is 1.34 bits per heavy atom. The average Bonchev–Trinajstić information content (AvgIpc) is 2.84. The molecule has 0 unspecified atom stereocenters. The molecule has 0 fully saturated rings. The van der Waals surface area contributed by atoms with Crippen molar-refractivity contribution in [3.8, 4) is 0 Å². The van der Waals surface area contributed by atoms with Crippen molar-refractivity contribution in [3.63, 3.8) is 0 Å². The number of hydroxylamine groups is 1. The van der Waals surface area contributed by atoms with Crippen LogP contribution in [0.4, 0.5) is 4.79 Å². The fraction of sp³-hybridized carbons (Fsp3) is 0.355. The van der Waals surface area contributed by atoms with Crippen LogP contribution in [0.3, 0.4) is 0 Å². The maximum Gasteiger partial charge on any atom is 0.408 e. The predicted molar refractivity (Wildman–Crippen MR) is 157 cm³/mol. The fourth-order valence-electron chi connectivity index (χ4n) is 4.57. The van der Waals surface area contributed by atoms with Gasteiger partial charge in [-0.15, -0.1) is 0 Å². The number of benzene rings is 3. The first-order valence-electron chi connectivity index (χ1n) is 13.0. The van der Waals surface area contributed by atoms with Crippen molar-refractivity contribution in [1.82, 2.24) is 5.32 Å². The van der Waals surface area contributed by atoms with Gasteiger partial charge in [-0.2, -0.15) is 0 Å². The van der Waals surface area contributed by atoms with Gasteiger partial charge >= 0.3 is 6.09 Å². The lowest BCUT2D eigenvalue weighted by atomic mass is 10.2. The minimum atomic E-state index is -2.87. The zero-order chi connectivity index (χ0) is 27.8. The third kappa shape index (κ3) is 7.79. The van der Waals surface area contributed by atoms with E-state index in [1.165, 1.54) is 6.21 Å². The molecule has 3 aromatic rings. The molecule has 6 nitrogen and oxygen atoms in total. The lowest BCUT2D eigenvalue weighted by Crippen LogP contribution is -2.67. The molecule has 7 heteroatoms. The zero-order valence-electron chi connectivity index (χ0n) is 23.3. The quantitative estimate of drug-likeness (QED) is 0.135. The zero-order valence-corrected chi connectivity index (χ0v) is 24.3. The largest absolute Gasteiger partial charge is 0.624 e. The number of alkyl carbamates (subject to hydrolysis) is 1. The number of carbonyl (C=O) groups excluding carboxylic acids is 1. The molecule has 0 saturated heterocycles. The van der Waals surface area contributed by atoms with Crippen LogP contribution >= 0.6 is 0 Å². The highest BCUT2D eigenvalue weighted by atomic mass is 28.4. The predicted octanol–water partition coefficient (Wildman–Crippen LogP) is 5.24. The molecule has 0 radical (unpaired) electrons. The molecule has 202 valence electrons. The third-order valence-electron chi connectivity index (χ3n) is 6.13. The average molecular weight is 533 g/mol. The summed E-state index contributed by atoms with van der Waals surface area (Å²) >= 11 is 0. The lowest BCUT2D eigenvalue weighted by Gasteiger charge is -2.43. The number of nitrogens with zero attached hydrogens (tertiary/aromatic N) is 1. The van der Waals surface area contributed by atoms with E-state index in [0.717, 1.165) is 20.7 Å². The van der Waals surface area contributed by atoms with Gasteiger partial charge in [-0.25, -0.2) is 9.53 Å². The molecule has 3 rings (SSSR count). The molecule has 0 bridgehead atoms. The third-order valence-corrected chi connectivity index (χ3v) is 11.1. The van der Waals surface area contributed by atoms with Crippen LogP contribution in [0.25, 0.3) is 0 Å². The SMILES string of the molecule is CC(C)(C)OC(=O)N[C@H](/C=[N+](/[O-])Cc1ccccc1)CO[Si](c1ccccc1)(c1ccccc1)C(C)(C)C. The van der Waals surface area contributed by atoms with E-state index in [1.54, 1.807) is 20.8 Å². The minimum Gasteiger partial charge on any atom is -0.624 e. The van der Waals surface area contributed by atoms with Crippen molar-refractivity contribution in [2.24, 2.45) is 0 Å². The van der Waals surface area contributed by atoms with Gasteiger partial charge in [0.2, 0.25) is 0 Å². The maximum absolute atomic E-state index is 13.0. The second kappa shape index (κ2) is 12.4. The number of nitrogens with one attached hydrogen (secondary N) is 1. The Morgan fingerprint density at radius 3 is 1.79 bits per heavy atom. The van der Waals surface area contributed by atoms with E-state index >= 15 is 0 Å². The number of hydrogen-bond acceptors (Lipinski definition) is 4. The summed E-state index contributed by atoms with van der Waals surface area (Å²) < 4.78 is 13.3. The molecule has 0 saturated carbocycles. The Balaban J connectivity index is 1.99. The van der Waals surface area contributed by atoms with Crippen molar-refractivity contribution < 1.29 is 18.7 Å². The van der Waals surface area contributed by atoms with Crippen LogP contribution in [0.15, 0.2) is 91.0 Å². The van der Waals surface area contributed by atoms with Crippen molar-refractivity contribution >= 4 is 31.0 Å². The second-order valence-corrected chi connectivity index (χ2v) is 15.7. The van der Waals surface area contributed by atoms with E-state index in [1.807, 2.05) is 66.7 Å². The first kappa shape index (κ1) is 29.1. The number of carbonyl (C=O) groups is 1. The van der Waals surface area contributed by atoms with Crippen molar-refractivity contribution in [2.75, 3.05) is 6.61 Å². The Morgan fingerprint density at radius 1 is 0.868 bits per heavy atom. The Kier molecular flexibility index (Phi) is 9.52. The van der Waals surface area contributed by atoms with E-state index in [-0.39, 0.29) is 18.2 Å². The first-order valence-corrected chi connectivity index (χ1v) is 14.9. The molecule has 38 heavy (non-hydrogen) atoms. The standard InChI is InChI=1S/C31H40N2O4Si/c1-30(2,3)37-29(34)32-26(23-33(35)22-25-16-10-7-11-17-25)24-36-38(31(4,5)6,27-18-12-8-13-19-27)28-20-14-9-15-21-28/h7-21,23,26H,22,24H2,1-6H3,(H,32,34)/b33-23+/t26-/m1/s1. The summed E-state index contributed by atoms with van der Waals surface area (Å²) in [6.07, 6.45) is 0.868. The van der Waals surface area contributed by atoms with Crippen LogP contribution in [0.2, 0.25) is 5.04 Å². The van der Waals surface area contributed by atoms with E-state index in [9.17, 15) is 10.0 Å². The first-order chi connectivity index (χ1) is 17.9. The molecule has 1 atom stereocenters. The van der Waals surface area contributed by atoms with Crippen LogP contribution in [-0.2, 0) is 15.7 Å². The van der Waals surface area contributed by atoms with Gasteiger partial charge in [0.15, 0.2) is 12.8 Å². The summed E-state index contributed by atoms with van der Waals surface area (Å²) in [6, 6.07) is 29.3. The number of rotatable bonds is 9. The van der Waals surface area contributed by atoms with Gasteiger partial charge in [-0.1, -0.05) is 112 Å². The molecule has 1 N–H and O–H groups in total. The Hall–Kier alpha value is -3.42. The topological polar surface area (TPSA) is 73.6 Å². The lowest BCUT2D eigenvalue weighted by molar-refractivity contribution is -0.471. The van der Waals surface area contributed by atoms with E-state index in [0.29, 0.717) is 0 Å². The molecule has 0 aliphatic rings. The van der Waals surface area contributed by atoms with Crippen LogP contribution in [0.1, 0.15) is 47.1 Å². The summed E-state index contributed by atoms with van der Waals surface area (Å²) in [4.78, 5) is 12.8. The highest BCUT2D eigenvalue weighted by molar-refractivity contribution is 6.99. The second-order valence-electron chi connectivity index (χ2n) is 11.4. The van der Waals surface area contributed by atoms with Gasteiger partial charge in [0.1, 0.15) is 11.6 Å². The molecule has 3 aromatic carbocycles. The van der Waals surface area contributed by atoms with E-state index < -0.39 is 26.1 Å². The summed E-state index contributed by atoms with van der Waals surface area (Å²) in [5.74, 6) is 0. The summed E-state index contributed by atoms with van der Waals surface area (Å²) in [6.45, 7) is 12.3. The van der Waals surface area contributed by atoms with E-state index in [4.69, 9.17) is 9.16 Å². The van der Waals surface area contributed by atoms with Gasteiger partial charge in [-0.05, 0) is 36.2 Å². The van der Waals surface area contributed by atoms with Gasteiger partial charge in [0, 0.05) is 5.56 Å². The Labute approximate surface area is 228 Å². The van der Waals surface area contributed by atoms with Crippen molar-refractivity contribution in [3.05, 3.63) is 102 Å². The maximum atomic E-state index is 13.0. The van der Waals surface area contributed by atoms with Gasteiger partial charge in [-0.3, -0.25) is 0 Å². The van der Waals surface area contributed by atoms with Crippen molar-refractivity contribution in [1.29, 1.82) is 0 Å². The highest BCUT2D eigenvalue weighted by Crippen LogP contribution is 2.36. The smallest absolute Gasteiger partial charge is 0.408 e. The normalized spacial score (nSPS) is 13.6. The number of ether oxygens (including phenoxy) is 1. The fourth-order valence-corrected chi connectivity index (χ4v) is 9.16. The van der Waals surface area contributed by atoms with Gasteiger partial charge in [0.25, 0.3) is 8.32 Å².